The molecule has 1 N–H and O–H groups in total. The van der Waals surface area contributed by atoms with E-state index in [9.17, 15) is 4.39 Å². The van der Waals surface area contributed by atoms with Crippen LogP contribution in [0.5, 0.6) is 0 Å². The van der Waals surface area contributed by atoms with Crippen molar-refractivity contribution in [2.24, 2.45) is 0 Å². The van der Waals surface area contributed by atoms with Crippen molar-refractivity contribution in [2.75, 3.05) is 5.32 Å². The topological polar surface area (TPSA) is 73.5 Å². The van der Waals surface area contributed by atoms with Gasteiger partial charge in [-0.1, -0.05) is 28.9 Å². The lowest BCUT2D eigenvalue weighted by molar-refractivity contribution is 0.614. The highest BCUT2D eigenvalue weighted by Gasteiger charge is 2.10. The molecule has 2 heterocycles. The van der Waals surface area contributed by atoms with Crippen LogP contribution in [0, 0.1) is 19.7 Å². The van der Waals surface area contributed by atoms with Crippen LogP contribution in [0.2, 0.25) is 0 Å². The van der Waals surface area contributed by atoms with Crippen LogP contribution >= 0.6 is 0 Å². The molecule has 0 bridgehead atoms. The van der Waals surface area contributed by atoms with Crippen molar-refractivity contribution in [2.45, 2.75) is 20.4 Å². The summed E-state index contributed by atoms with van der Waals surface area (Å²) in [6.07, 6.45) is 3.39. The SMILES string of the molecule is Cc1ccc(-n2nnnc2NCc2ccc(-n3ccnc3C)c(F)c2)cc1. The van der Waals surface area contributed by atoms with E-state index in [0.717, 1.165) is 22.6 Å². The van der Waals surface area contributed by atoms with Gasteiger partial charge in [0, 0.05) is 18.9 Å². The molecule has 0 aliphatic rings. The molecule has 0 amide bonds. The standard InChI is InChI=1S/C19H18FN7/c1-13-3-6-16(7-4-13)27-19(23-24-25-27)22-12-15-5-8-18(17(20)11-15)26-10-9-21-14(26)2/h3-11H,12H2,1-2H3,(H,22,23,25). The van der Waals surface area contributed by atoms with Crippen molar-refractivity contribution >= 4 is 5.95 Å². The van der Waals surface area contributed by atoms with Gasteiger partial charge in [-0.05, 0) is 54.1 Å². The number of benzene rings is 2. The first-order valence-corrected chi connectivity index (χ1v) is 8.50. The molecule has 7 nitrogen and oxygen atoms in total. The second-order valence-electron chi connectivity index (χ2n) is 6.23. The molecule has 2 aromatic heterocycles. The average Bonchev–Trinajstić information content (AvgIpc) is 3.30. The Labute approximate surface area is 155 Å². The quantitative estimate of drug-likeness (QED) is 0.589. The van der Waals surface area contributed by atoms with Gasteiger partial charge >= 0.3 is 0 Å². The molecule has 0 aliphatic heterocycles. The van der Waals surface area contributed by atoms with Gasteiger partial charge < -0.3 is 9.88 Å². The number of nitrogens with zero attached hydrogens (tertiary/aromatic N) is 6. The summed E-state index contributed by atoms with van der Waals surface area (Å²) in [6.45, 7) is 4.25. The summed E-state index contributed by atoms with van der Waals surface area (Å²) in [5.41, 5.74) is 3.26. The van der Waals surface area contributed by atoms with E-state index in [1.807, 2.05) is 44.2 Å². The van der Waals surface area contributed by atoms with Crippen molar-refractivity contribution in [3.8, 4) is 11.4 Å². The minimum Gasteiger partial charge on any atom is -0.349 e. The third kappa shape index (κ3) is 3.41. The maximum absolute atomic E-state index is 14.5. The highest BCUT2D eigenvalue weighted by Crippen LogP contribution is 2.18. The van der Waals surface area contributed by atoms with Crippen LogP contribution in [0.4, 0.5) is 10.3 Å². The molecule has 136 valence electrons. The lowest BCUT2D eigenvalue weighted by Crippen LogP contribution is -2.08. The minimum atomic E-state index is -0.312. The van der Waals surface area contributed by atoms with Gasteiger partial charge in [0.05, 0.1) is 11.4 Å². The van der Waals surface area contributed by atoms with Crippen molar-refractivity contribution < 1.29 is 4.39 Å². The van der Waals surface area contributed by atoms with Gasteiger partial charge in [-0.15, -0.1) is 0 Å². The van der Waals surface area contributed by atoms with Crippen molar-refractivity contribution in [3.05, 3.63) is 77.6 Å². The highest BCUT2D eigenvalue weighted by molar-refractivity contribution is 5.42. The van der Waals surface area contributed by atoms with E-state index >= 15 is 0 Å². The summed E-state index contributed by atoms with van der Waals surface area (Å²) >= 11 is 0. The maximum Gasteiger partial charge on any atom is 0.248 e. The van der Waals surface area contributed by atoms with Gasteiger partial charge in [0.15, 0.2) is 0 Å². The number of imidazole rings is 1. The van der Waals surface area contributed by atoms with Crippen molar-refractivity contribution in [1.29, 1.82) is 0 Å². The normalized spacial score (nSPS) is 10.9. The van der Waals surface area contributed by atoms with Crippen LogP contribution in [0.25, 0.3) is 11.4 Å². The van der Waals surface area contributed by atoms with Crippen LogP contribution in [0.15, 0.2) is 54.9 Å². The van der Waals surface area contributed by atoms with Crippen LogP contribution in [0.3, 0.4) is 0 Å². The Hall–Kier alpha value is -3.55. The second kappa shape index (κ2) is 6.99. The van der Waals surface area contributed by atoms with Gasteiger partial charge in [0.25, 0.3) is 0 Å². The number of aryl methyl sites for hydroxylation is 2. The first-order valence-electron chi connectivity index (χ1n) is 8.50. The smallest absolute Gasteiger partial charge is 0.248 e. The summed E-state index contributed by atoms with van der Waals surface area (Å²) in [6, 6.07) is 13.0. The molecule has 4 rings (SSSR count). The molecule has 2 aromatic carbocycles. The molecule has 8 heteroatoms. The fourth-order valence-electron chi connectivity index (χ4n) is 2.83. The van der Waals surface area contributed by atoms with Crippen molar-refractivity contribution in [3.63, 3.8) is 0 Å². The molecule has 0 unspecified atom stereocenters. The van der Waals surface area contributed by atoms with Gasteiger partial charge in [-0.25, -0.2) is 9.37 Å². The van der Waals surface area contributed by atoms with Crippen LogP contribution < -0.4 is 5.32 Å². The molecule has 27 heavy (non-hydrogen) atoms. The number of anilines is 1. The van der Waals surface area contributed by atoms with E-state index in [1.54, 1.807) is 27.7 Å². The van der Waals surface area contributed by atoms with Crippen molar-refractivity contribution in [1.82, 2.24) is 29.8 Å². The van der Waals surface area contributed by atoms with Crippen LogP contribution in [0.1, 0.15) is 17.0 Å². The second-order valence-corrected chi connectivity index (χ2v) is 6.23. The predicted octanol–water partition coefficient (Wildman–Crippen LogP) is 3.22. The molecular weight excluding hydrogens is 345 g/mol. The number of tetrazole rings is 1. The first kappa shape index (κ1) is 16.9. The summed E-state index contributed by atoms with van der Waals surface area (Å²) < 4.78 is 17.8. The number of aromatic nitrogens is 6. The Morgan fingerprint density at radius 2 is 1.89 bits per heavy atom. The zero-order valence-electron chi connectivity index (χ0n) is 15.0. The number of hydrogen-bond acceptors (Lipinski definition) is 5. The van der Waals surface area contributed by atoms with E-state index < -0.39 is 0 Å². The lowest BCUT2D eigenvalue weighted by Gasteiger charge is -2.10. The Kier molecular flexibility index (Phi) is 4.37. The molecule has 0 saturated heterocycles. The number of halogens is 1. The predicted molar refractivity (Wildman–Crippen MR) is 99.5 cm³/mol. The monoisotopic (exact) mass is 363 g/mol. The van der Waals surface area contributed by atoms with E-state index in [0.29, 0.717) is 18.2 Å². The lowest BCUT2D eigenvalue weighted by atomic mass is 10.2. The largest absolute Gasteiger partial charge is 0.349 e. The fourth-order valence-corrected chi connectivity index (χ4v) is 2.83. The number of rotatable bonds is 5. The Bertz CT molecular complexity index is 1070. The Balaban J connectivity index is 1.52. The summed E-state index contributed by atoms with van der Waals surface area (Å²) in [4.78, 5) is 4.13. The van der Waals surface area contributed by atoms with Gasteiger partial charge in [-0.3, -0.25) is 0 Å². The highest BCUT2D eigenvalue weighted by atomic mass is 19.1. The molecule has 0 spiro atoms. The maximum atomic E-state index is 14.5. The fraction of sp³-hybridized carbons (Fsp3) is 0.158. The summed E-state index contributed by atoms with van der Waals surface area (Å²) in [5.74, 6) is 0.916. The molecule has 0 radical (unpaired) electrons. The number of nitrogens with one attached hydrogen (secondary N) is 1. The third-order valence-electron chi connectivity index (χ3n) is 4.30. The molecule has 0 aliphatic carbocycles. The first-order chi connectivity index (χ1) is 13.1. The summed E-state index contributed by atoms with van der Waals surface area (Å²) in [5, 5.41) is 14.9. The number of hydrogen-bond donors (Lipinski definition) is 1. The average molecular weight is 363 g/mol. The molecule has 0 saturated carbocycles. The van der Waals surface area contributed by atoms with Gasteiger partial charge in [0.2, 0.25) is 5.95 Å². The van der Waals surface area contributed by atoms with E-state index in [4.69, 9.17) is 0 Å². The minimum absolute atomic E-state index is 0.312. The van der Waals surface area contributed by atoms with E-state index in [2.05, 4.69) is 25.8 Å². The van der Waals surface area contributed by atoms with E-state index in [-0.39, 0.29) is 5.82 Å². The molecule has 4 aromatic rings. The van der Waals surface area contributed by atoms with Gasteiger partial charge in [0.1, 0.15) is 11.6 Å². The Morgan fingerprint density at radius 3 is 2.59 bits per heavy atom. The zero-order chi connectivity index (χ0) is 18.8. The molecule has 0 fully saturated rings. The van der Waals surface area contributed by atoms with Gasteiger partial charge in [-0.2, -0.15) is 4.68 Å². The van der Waals surface area contributed by atoms with Crippen LogP contribution in [-0.2, 0) is 6.54 Å². The van der Waals surface area contributed by atoms with E-state index in [1.165, 1.54) is 6.07 Å². The zero-order valence-corrected chi connectivity index (χ0v) is 15.0. The molecular formula is C19H18FN7. The van der Waals surface area contributed by atoms with Crippen LogP contribution in [-0.4, -0.2) is 29.8 Å². The summed E-state index contributed by atoms with van der Waals surface area (Å²) in [7, 11) is 0. The Morgan fingerprint density at radius 1 is 1.07 bits per heavy atom. The molecule has 0 atom stereocenters. The third-order valence-corrected chi connectivity index (χ3v) is 4.30.